The molecule has 1 N–H and O–H groups in total. The van der Waals surface area contributed by atoms with Gasteiger partial charge in [-0.2, -0.15) is 0 Å². The van der Waals surface area contributed by atoms with Crippen LogP contribution in [0.2, 0.25) is 5.02 Å². The second-order valence-electron chi connectivity index (χ2n) is 5.07. The maximum atomic E-state index is 10.8. The molecule has 0 bridgehead atoms. The summed E-state index contributed by atoms with van der Waals surface area (Å²) in [5.74, 6) is 0. The van der Waals surface area contributed by atoms with E-state index in [1.807, 2.05) is 6.92 Å². The topological polar surface area (TPSA) is 55.2 Å². The summed E-state index contributed by atoms with van der Waals surface area (Å²) in [5.41, 5.74) is 1.70. The third kappa shape index (κ3) is 5.37. The molecule has 0 aliphatic rings. The van der Waals surface area contributed by atoms with Crippen molar-refractivity contribution in [3.05, 3.63) is 32.8 Å². The minimum absolute atomic E-state index is 0.0331. The van der Waals surface area contributed by atoms with Gasteiger partial charge in [0.25, 0.3) is 5.69 Å². The van der Waals surface area contributed by atoms with Crippen LogP contribution in [0.5, 0.6) is 0 Å². The molecule has 0 saturated carbocycles. The Balaban J connectivity index is 2.41. The Morgan fingerprint density at radius 1 is 1.20 bits per heavy atom. The number of anilines is 1. The van der Waals surface area contributed by atoms with Gasteiger partial charge in [0.1, 0.15) is 5.02 Å². The summed E-state index contributed by atoms with van der Waals surface area (Å²) in [5, 5.41) is 14.3. The average Bonchev–Trinajstić information content (AvgIpc) is 2.40. The Morgan fingerprint density at radius 3 is 2.50 bits per heavy atom. The molecular formula is C15H23ClN2O2. The fourth-order valence-corrected chi connectivity index (χ4v) is 2.36. The van der Waals surface area contributed by atoms with Gasteiger partial charge in [0, 0.05) is 18.3 Å². The molecule has 0 spiro atoms. The molecule has 5 heteroatoms. The lowest BCUT2D eigenvalue weighted by atomic mass is 10.1. The number of hydrogen-bond acceptors (Lipinski definition) is 3. The van der Waals surface area contributed by atoms with Gasteiger partial charge in [-0.3, -0.25) is 10.1 Å². The van der Waals surface area contributed by atoms with Crippen molar-refractivity contribution < 1.29 is 4.92 Å². The summed E-state index contributed by atoms with van der Waals surface area (Å²) in [6.45, 7) is 4.94. The van der Waals surface area contributed by atoms with Gasteiger partial charge in [-0.1, -0.05) is 50.6 Å². The lowest BCUT2D eigenvalue weighted by Gasteiger charge is -2.10. The van der Waals surface area contributed by atoms with E-state index in [4.69, 9.17) is 11.6 Å². The van der Waals surface area contributed by atoms with Gasteiger partial charge < -0.3 is 5.32 Å². The number of benzene rings is 1. The van der Waals surface area contributed by atoms with Crippen molar-refractivity contribution >= 4 is 23.0 Å². The molecule has 1 aromatic rings. The second-order valence-corrected chi connectivity index (χ2v) is 5.48. The second kappa shape index (κ2) is 8.80. The van der Waals surface area contributed by atoms with Crippen molar-refractivity contribution in [2.75, 3.05) is 11.9 Å². The summed E-state index contributed by atoms with van der Waals surface area (Å²) < 4.78 is 0. The van der Waals surface area contributed by atoms with E-state index in [0.717, 1.165) is 24.2 Å². The summed E-state index contributed by atoms with van der Waals surface area (Å²) in [6.07, 6.45) is 7.47. The number of nitro groups is 1. The number of rotatable bonds is 9. The third-order valence-electron chi connectivity index (χ3n) is 3.34. The van der Waals surface area contributed by atoms with Gasteiger partial charge in [0.15, 0.2) is 0 Å². The molecule has 0 aliphatic carbocycles. The molecule has 0 aliphatic heterocycles. The van der Waals surface area contributed by atoms with Crippen molar-refractivity contribution in [2.45, 2.75) is 52.4 Å². The number of nitro benzene ring substituents is 1. The number of hydrogen-bond donors (Lipinski definition) is 1. The van der Waals surface area contributed by atoms with Crippen molar-refractivity contribution in [3.63, 3.8) is 0 Å². The van der Waals surface area contributed by atoms with Gasteiger partial charge in [0.05, 0.1) is 4.92 Å². The number of nitrogens with one attached hydrogen (secondary N) is 1. The van der Waals surface area contributed by atoms with E-state index in [-0.39, 0.29) is 10.7 Å². The van der Waals surface area contributed by atoms with Crippen LogP contribution in [0.3, 0.4) is 0 Å². The Kier molecular flexibility index (Phi) is 7.37. The molecule has 1 rings (SSSR count). The molecule has 0 radical (unpaired) electrons. The van der Waals surface area contributed by atoms with Gasteiger partial charge in [0.2, 0.25) is 0 Å². The molecule has 0 saturated heterocycles. The van der Waals surface area contributed by atoms with Crippen LogP contribution in [0.4, 0.5) is 11.4 Å². The lowest BCUT2D eigenvalue weighted by Crippen LogP contribution is -2.03. The molecule has 0 amide bonds. The number of halogens is 1. The zero-order valence-electron chi connectivity index (χ0n) is 12.2. The SMILES string of the molecule is CCCCCCCCNc1cc(Cl)c([N+](=O)[O-])cc1C. The first-order chi connectivity index (χ1) is 9.56. The number of nitrogens with zero attached hydrogens (tertiary/aromatic N) is 1. The molecule has 0 aromatic heterocycles. The van der Waals surface area contributed by atoms with Crippen LogP contribution < -0.4 is 5.32 Å². The quantitative estimate of drug-likeness (QED) is 0.381. The molecular weight excluding hydrogens is 276 g/mol. The highest BCUT2D eigenvalue weighted by molar-refractivity contribution is 6.33. The van der Waals surface area contributed by atoms with Crippen LogP contribution in [-0.2, 0) is 0 Å². The molecule has 0 atom stereocenters. The summed E-state index contributed by atoms with van der Waals surface area (Å²) >= 11 is 5.91. The predicted octanol–water partition coefficient (Wildman–Crippen LogP) is 5.33. The number of unbranched alkanes of at least 4 members (excludes halogenated alkanes) is 5. The van der Waals surface area contributed by atoms with Gasteiger partial charge in [-0.15, -0.1) is 0 Å². The van der Waals surface area contributed by atoms with E-state index in [1.54, 1.807) is 6.07 Å². The van der Waals surface area contributed by atoms with Crippen LogP contribution in [0, 0.1) is 17.0 Å². The van der Waals surface area contributed by atoms with E-state index in [9.17, 15) is 10.1 Å². The standard InChI is InChI=1S/C15H23ClN2O2/c1-3-4-5-6-7-8-9-17-14-11-13(16)15(18(19)20)10-12(14)2/h10-11,17H,3-9H2,1-2H3. The Labute approximate surface area is 125 Å². The molecule has 4 nitrogen and oxygen atoms in total. The van der Waals surface area contributed by atoms with E-state index in [1.165, 1.54) is 38.2 Å². The first-order valence-electron chi connectivity index (χ1n) is 7.24. The molecule has 112 valence electrons. The predicted molar refractivity (Wildman–Crippen MR) is 84.7 cm³/mol. The van der Waals surface area contributed by atoms with Crippen LogP contribution in [0.1, 0.15) is 51.0 Å². The number of aryl methyl sites for hydroxylation is 1. The first-order valence-corrected chi connectivity index (χ1v) is 7.62. The monoisotopic (exact) mass is 298 g/mol. The summed E-state index contributed by atoms with van der Waals surface area (Å²) in [6, 6.07) is 3.16. The van der Waals surface area contributed by atoms with E-state index >= 15 is 0 Å². The fraction of sp³-hybridized carbons (Fsp3) is 0.600. The summed E-state index contributed by atoms with van der Waals surface area (Å²) in [7, 11) is 0. The maximum absolute atomic E-state index is 10.8. The molecule has 0 fully saturated rings. The van der Waals surface area contributed by atoms with Gasteiger partial charge in [-0.05, 0) is 25.0 Å². The van der Waals surface area contributed by atoms with Crippen molar-refractivity contribution in [3.8, 4) is 0 Å². The molecule has 1 aromatic carbocycles. The largest absolute Gasteiger partial charge is 0.385 e. The van der Waals surface area contributed by atoms with E-state index < -0.39 is 4.92 Å². The molecule has 0 heterocycles. The fourth-order valence-electron chi connectivity index (χ4n) is 2.13. The Morgan fingerprint density at radius 2 is 1.85 bits per heavy atom. The van der Waals surface area contributed by atoms with Crippen molar-refractivity contribution in [1.29, 1.82) is 0 Å². The normalized spacial score (nSPS) is 10.6. The lowest BCUT2D eigenvalue weighted by molar-refractivity contribution is -0.384. The zero-order valence-corrected chi connectivity index (χ0v) is 13.0. The highest BCUT2D eigenvalue weighted by Crippen LogP contribution is 2.30. The van der Waals surface area contributed by atoms with E-state index in [0.29, 0.717) is 0 Å². The first kappa shape index (κ1) is 16.8. The Bertz CT molecular complexity index is 450. The van der Waals surface area contributed by atoms with Crippen LogP contribution in [0.15, 0.2) is 12.1 Å². The highest BCUT2D eigenvalue weighted by atomic mass is 35.5. The average molecular weight is 299 g/mol. The molecule has 0 unspecified atom stereocenters. The minimum atomic E-state index is -0.452. The highest BCUT2D eigenvalue weighted by Gasteiger charge is 2.14. The van der Waals surface area contributed by atoms with Crippen LogP contribution in [0.25, 0.3) is 0 Å². The zero-order chi connectivity index (χ0) is 15.0. The maximum Gasteiger partial charge on any atom is 0.288 e. The smallest absolute Gasteiger partial charge is 0.288 e. The van der Waals surface area contributed by atoms with Crippen LogP contribution in [-0.4, -0.2) is 11.5 Å². The minimum Gasteiger partial charge on any atom is -0.385 e. The van der Waals surface area contributed by atoms with Gasteiger partial charge in [-0.25, -0.2) is 0 Å². The van der Waals surface area contributed by atoms with Crippen molar-refractivity contribution in [2.24, 2.45) is 0 Å². The summed E-state index contributed by atoms with van der Waals surface area (Å²) in [4.78, 5) is 10.3. The van der Waals surface area contributed by atoms with Crippen molar-refractivity contribution in [1.82, 2.24) is 0 Å². The Hall–Kier alpha value is -1.29. The molecule has 20 heavy (non-hydrogen) atoms. The van der Waals surface area contributed by atoms with E-state index in [2.05, 4.69) is 12.2 Å². The third-order valence-corrected chi connectivity index (χ3v) is 3.64. The van der Waals surface area contributed by atoms with Gasteiger partial charge >= 0.3 is 0 Å². The van der Waals surface area contributed by atoms with Crippen LogP contribution >= 0.6 is 11.6 Å².